The highest BCUT2D eigenvalue weighted by atomic mass is 16.2. The van der Waals surface area contributed by atoms with Gasteiger partial charge in [-0.25, -0.2) is 9.97 Å². The summed E-state index contributed by atoms with van der Waals surface area (Å²) < 4.78 is 0. The number of ketones is 2. The van der Waals surface area contributed by atoms with Gasteiger partial charge < -0.3 is 4.90 Å². The second-order valence-electron chi connectivity index (χ2n) is 12.5. The van der Waals surface area contributed by atoms with E-state index in [0.29, 0.717) is 11.1 Å². The van der Waals surface area contributed by atoms with E-state index in [9.17, 15) is 0 Å². The van der Waals surface area contributed by atoms with E-state index in [1.54, 1.807) is 0 Å². The molecular formula is C37H30N4O2. The zero-order valence-electron chi connectivity index (χ0n) is 24.1. The lowest BCUT2D eigenvalue weighted by Crippen LogP contribution is -2.57. The van der Waals surface area contributed by atoms with E-state index in [4.69, 9.17) is 9.97 Å². The summed E-state index contributed by atoms with van der Waals surface area (Å²) in [5.41, 5.74) is 5.63. The minimum atomic E-state index is -1.43. The summed E-state index contributed by atoms with van der Waals surface area (Å²) in [7, 11) is 4.05. The van der Waals surface area contributed by atoms with Crippen molar-refractivity contribution in [2.45, 2.75) is 30.3 Å². The van der Waals surface area contributed by atoms with Gasteiger partial charge in [0.1, 0.15) is 11.0 Å². The summed E-state index contributed by atoms with van der Waals surface area (Å²) in [6.45, 7) is 0.776. The minimum Gasteiger partial charge on any atom is -0.378 e. The maximum atomic E-state index is 15.4. The molecule has 2 fully saturated rings. The van der Waals surface area contributed by atoms with Crippen molar-refractivity contribution in [3.8, 4) is 11.3 Å². The summed E-state index contributed by atoms with van der Waals surface area (Å²) in [6.07, 6.45) is 1.89. The van der Waals surface area contributed by atoms with Gasteiger partial charge in [-0.1, -0.05) is 72.8 Å². The van der Waals surface area contributed by atoms with Crippen LogP contribution in [0.3, 0.4) is 0 Å². The summed E-state index contributed by atoms with van der Waals surface area (Å²) in [4.78, 5) is 45.8. The molecule has 4 aromatic carbocycles. The van der Waals surface area contributed by atoms with Crippen LogP contribution in [0.1, 0.15) is 56.3 Å². The van der Waals surface area contributed by atoms with Crippen LogP contribution in [-0.4, -0.2) is 53.1 Å². The number of nitrogens with zero attached hydrogens (tertiary/aromatic N) is 4. The fourth-order valence-electron chi connectivity index (χ4n) is 9.03. The van der Waals surface area contributed by atoms with Crippen LogP contribution in [-0.2, 0) is 5.54 Å². The molecule has 9 rings (SSSR count). The lowest BCUT2D eigenvalue weighted by atomic mass is 9.56. The predicted molar refractivity (Wildman–Crippen MR) is 167 cm³/mol. The Balaban J connectivity index is 1.44. The van der Waals surface area contributed by atoms with Gasteiger partial charge in [-0.15, -0.1) is 0 Å². The number of hydrogen-bond acceptors (Lipinski definition) is 6. The summed E-state index contributed by atoms with van der Waals surface area (Å²) >= 11 is 0. The Morgan fingerprint density at radius 3 is 2.02 bits per heavy atom. The molecule has 2 saturated heterocycles. The normalized spacial score (nSPS) is 24.5. The first kappa shape index (κ1) is 24.9. The molecule has 0 N–H and O–H groups in total. The Labute approximate surface area is 250 Å². The SMILES string of the molecule is CN(C)c1ccc([C@@H]2[C@H]3CCCN3[C@]3(c4ccccc4-c4nc5ccccc5nc43)C23C(=O)c2ccccc2C3=O)cc1. The van der Waals surface area contributed by atoms with Gasteiger partial charge in [0.2, 0.25) is 0 Å². The van der Waals surface area contributed by atoms with E-state index in [-0.39, 0.29) is 23.5 Å². The third-order valence-corrected chi connectivity index (χ3v) is 10.5. The van der Waals surface area contributed by atoms with Crippen LogP contribution in [0.4, 0.5) is 5.69 Å². The molecule has 43 heavy (non-hydrogen) atoms. The molecule has 0 saturated carbocycles. The van der Waals surface area contributed by atoms with Crippen molar-refractivity contribution in [3.05, 3.63) is 125 Å². The largest absolute Gasteiger partial charge is 0.378 e. The lowest BCUT2D eigenvalue weighted by molar-refractivity contribution is 0.0428. The number of Topliss-reactive ketones (excluding diaryl/α,β-unsaturated/α-hetero) is 2. The van der Waals surface area contributed by atoms with Gasteiger partial charge in [-0.3, -0.25) is 14.5 Å². The topological polar surface area (TPSA) is 66.4 Å². The lowest BCUT2D eigenvalue weighted by Gasteiger charge is -2.45. The molecular weight excluding hydrogens is 532 g/mol. The predicted octanol–water partition coefficient (Wildman–Crippen LogP) is 6.25. The Bertz CT molecular complexity index is 1980. The zero-order valence-corrected chi connectivity index (χ0v) is 24.1. The molecule has 0 amide bonds. The zero-order chi connectivity index (χ0) is 29.1. The molecule has 2 aliphatic carbocycles. The Hall–Kier alpha value is -4.68. The van der Waals surface area contributed by atoms with Crippen molar-refractivity contribution in [1.82, 2.24) is 14.9 Å². The van der Waals surface area contributed by atoms with E-state index in [1.807, 2.05) is 74.8 Å². The number of carbonyl (C=O) groups is 2. The number of benzene rings is 4. The standard InChI is InChI=1S/C37H30N4O2/c1-40(2)23-19-17-22(18-20-23)31-30-16-9-21-41(30)37(36(31)34(42)24-10-3-4-11-25(24)35(36)43)27-13-6-5-12-26(27)32-33(37)39-29-15-8-7-14-28(29)38-32/h3-8,10-15,17-20,30-31H,9,16,21H2,1-2H3/t30-,31-,37+/m1/s1. The van der Waals surface area contributed by atoms with Crippen molar-refractivity contribution < 1.29 is 9.59 Å². The highest BCUT2D eigenvalue weighted by molar-refractivity contribution is 6.32. The highest BCUT2D eigenvalue weighted by Crippen LogP contribution is 2.73. The van der Waals surface area contributed by atoms with Crippen molar-refractivity contribution in [2.75, 3.05) is 25.5 Å². The van der Waals surface area contributed by atoms with Gasteiger partial charge >= 0.3 is 0 Å². The molecule has 3 heterocycles. The Morgan fingerprint density at radius 2 is 1.35 bits per heavy atom. The minimum absolute atomic E-state index is 0.0142. The molecule has 0 bridgehead atoms. The van der Waals surface area contributed by atoms with Crippen molar-refractivity contribution in [2.24, 2.45) is 5.41 Å². The van der Waals surface area contributed by atoms with Gasteiger partial charge in [0.15, 0.2) is 11.6 Å². The van der Waals surface area contributed by atoms with Crippen LogP contribution in [0.2, 0.25) is 0 Å². The molecule has 2 spiro atoms. The smallest absolute Gasteiger partial charge is 0.180 e. The van der Waals surface area contributed by atoms with Gasteiger partial charge in [0.25, 0.3) is 0 Å². The first-order valence-electron chi connectivity index (χ1n) is 15.1. The summed E-state index contributed by atoms with van der Waals surface area (Å²) in [5, 5.41) is 0. The maximum Gasteiger partial charge on any atom is 0.180 e. The number of fused-ring (bicyclic) bond motifs is 10. The Morgan fingerprint density at radius 1 is 0.744 bits per heavy atom. The molecule has 2 aliphatic heterocycles. The van der Waals surface area contributed by atoms with Gasteiger partial charge in [-0.05, 0) is 54.8 Å². The molecule has 1 aromatic heterocycles. The molecule has 6 heteroatoms. The van der Waals surface area contributed by atoms with Gasteiger partial charge in [-0.2, -0.15) is 0 Å². The average molecular weight is 563 g/mol. The van der Waals surface area contributed by atoms with Crippen molar-refractivity contribution in [3.63, 3.8) is 0 Å². The van der Waals surface area contributed by atoms with Crippen LogP contribution in [0.5, 0.6) is 0 Å². The molecule has 0 unspecified atom stereocenters. The van der Waals surface area contributed by atoms with Crippen LogP contribution < -0.4 is 4.90 Å². The molecule has 0 radical (unpaired) electrons. The number of hydrogen-bond donors (Lipinski definition) is 0. The number of aromatic nitrogens is 2. The van der Waals surface area contributed by atoms with E-state index in [1.165, 1.54) is 0 Å². The monoisotopic (exact) mass is 562 g/mol. The molecule has 210 valence electrons. The van der Waals surface area contributed by atoms with Crippen LogP contribution in [0, 0.1) is 5.41 Å². The summed E-state index contributed by atoms with van der Waals surface area (Å²) in [6, 6.07) is 32.0. The second kappa shape index (κ2) is 8.45. The fourth-order valence-corrected chi connectivity index (χ4v) is 9.03. The molecule has 3 atom stereocenters. The van der Waals surface area contributed by atoms with E-state index in [0.717, 1.165) is 64.2 Å². The average Bonchev–Trinajstić information content (AvgIpc) is 3.75. The van der Waals surface area contributed by atoms with Crippen LogP contribution >= 0.6 is 0 Å². The number of rotatable bonds is 2. The van der Waals surface area contributed by atoms with Gasteiger partial charge in [0.05, 0.1) is 22.4 Å². The molecule has 6 nitrogen and oxygen atoms in total. The third-order valence-electron chi connectivity index (χ3n) is 10.5. The summed E-state index contributed by atoms with van der Waals surface area (Å²) in [5.74, 6) is -0.547. The molecule has 5 aromatic rings. The fraction of sp³-hybridized carbons (Fsp3) is 0.243. The second-order valence-corrected chi connectivity index (χ2v) is 12.5. The van der Waals surface area contributed by atoms with Crippen molar-refractivity contribution >= 4 is 28.3 Å². The Kier molecular flexibility index (Phi) is 4.89. The quantitative estimate of drug-likeness (QED) is 0.237. The first-order chi connectivity index (χ1) is 21.0. The van der Waals surface area contributed by atoms with Crippen molar-refractivity contribution in [1.29, 1.82) is 0 Å². The molecule has 4 aliphatic rings. The number of anilines is 1. The maximum absolute atomic E-state index is 15.4. The van der Waals surface area contributed by atoms with Crippen LogP contribution in [0.25, 0.3) is 22.3 Å². The van der Waals surface area contributed by atoms with Crippen LogP contribution in [0.15, 0.2) is 97.1 Å². The third kappa shape index (κ3) is 2.78. The first-order valence-corrected chi connectivity index (χ1v) is 15.1. The van der Waals surface area contributed by atoms with E-state index >= 15 is 9.59 Å². The van der Waals surface area contributed by atoms with E-state index < -0.39 is 11.0 Å². The number of para-hydroxylation sites is 2. The van der Waals surface area contributed by atoms with Gasteiger partial charge in [0, 0.05) is 48.4 Å². The number of carbonyl (C=O) groups excluding carboxylic acids is 2. The van der Waals surface area contributed by atoms with E-state index in [2.05, 4.69) is 46.2 Å². The highest BCUT2D eigenvalue weighted by Gasteiger charge is 2.80.